The standard InChI is InChI=1S/C26H18N4O6/c31-25(19-5-13-23(14-6-19)29(33)34)27-21-9-1-17(2-10-21)18-3-11-22(12-4-18)28-26(32)20-7-15-24(16-8-20)30(35)36/h1-16H,(H,27,31)(H,28,32). The number of carbonyl (C=O) groups is 2. The first-order valence-corrected chi connectivity index (χ1v) is 10.6. The van der Waals surface area contributed by atoms with E-state index in [9.17, 15) is 29.8 Å². The van der Waals surface area contributed by atoms with Crippen LogP contribution in [0.2, 0.25) is 0 Å². The van der Waals surface area contributed by atoms with E-state index in [0.29, 0.717) is 22.5 Å². The Kier molecular flexibility index (Phi) is 6.78. The Bertz CT molecular complexity index is 1320. The van der Waals surface area contributed by atoms with Crippen LogP contribution in [0.3, 0.4) is 0 Å². The highest BCUT2D eigenvalue weighted by molar-refractivity contribution is 6.05. The molecular formula is C26H18N4O6. The minimum absolute atomic E-state index is 0.0900. The van der Waals surface area contributed by atoms with Crippen molar-refractivity contribution in [1.82, 2.24) is 0 Å². The predicted molar refractivity (Wildman–Crippen MR) is 134 cm³/mol. The lowest BCUT2D eigenvalue weighted by Crippen LogP contribution is -2.11. The zero-order chi connectivity index (χ0) is 25.7. The van der Waals surface area contributed by atoms with Crippen molar-refractivity contribution in [2.75, 3.05) is 10.6 Å². The molecule has 10 nitrogen and oxygen atoms in total. The largest absolute Gasteiger partial charge is 0.322 e. The summed E-state index contributed by atoms with van der Waals surface area (Å²) in [5, 5.41) is 27.0. The average Bonchev–Trinajstić information content (AvgIpc) is 2.89. The van der Waals surface area contributed by atoms with Crippen LogP contribution >= 0.6 is 0 Å². The van der Waals surface area contributed by atoms with Crippen molar-refractivity contribution in [2.45, 2.75) is 0 Å². The van der Waals surface area contributed by atoms with E-state index in [1.165, 1.54) is 48.5 Å². The monoisotopic (exact) mass is 482 g/mol. The number of rotatable bonds is 7. The van der Waals surface area contributed by atoms with Gasteiger partial charge in [0.2, 0.25) is 0 Å². The first kappa shape index (κ1) is 23.8. The van der Waals surface area contributed by atoms with Gasteiger partial charge in [-0.3, -0.25) is 29.8 Å². The van der Waals surface area contributed by atoms with Gasteiger partial charge in [-0.1, -0.05) is 24.3 Å². The number of anilines is 2. The summed E-state index contributed by atoms with van der Waals surface area (Å²) in [7, 11) is 0. The van der Waals surface area contributed by atoms with Gasteiger partial charge in [-0.05, 0) is 59.7 Å². The van der Waals surface area contributed by atoms with E-state index in [0.717, 1.165) is 11.1 Å². The maximum absolute atomic E-state index is 12.4. The molecule has 0 heterocycles. The molecule has 0 aliphatic rings. The van der Waals surface area contributed by atoms with E-state index in [2.05, 4.69) is 10.6 Å². The van der Waals surface area contributed by atoms with Gasteiger partial charge in [-0.2, -0.15) is 0 Å². The molecule has 0 saturated heterocycles. The summed E-state index contributed by atoms with van der Waals surface area (Å²) in [5.41, 5.74) is 3.32. The Balaban J connectivity index is 1.37. The number of non-ortho nitro benzene ring substituents is 2. The zero-order valence-electron chi connectivity index (χ0n) is 18.6. The van der Waals surface area contributed by atoms with Crippen LogP contribution in [0.25, 0.3) is 11.1 Å². The van der Waals surface area contributed by atoms with Crippen LogP contribution in [-0.4, -0.2) is 21.7 Å². The van der Waals surface area contributed by atoms with Gasteiger partial charge in [-0.25, -0.2) is 0 Å². The molecule has 0 atom stereocenters. The molecule has 0 aliphatic carbocycles. The highest BCUT2D eigenvalue weighted by Crippen LogP contribution is 2.24. The van der Waals surface area contributed by atoms with Crippen molar-refractivity contribution in [2.24, 2.45) is 0 Å². The molecule has 0 spiro atoms. The van der Waals surface area contributed by atoms with Crippen LogP contribution in [0.1, 0.15) is 20.7 Å². The van der Waals surface area contributed by atoms with E-state index in [1.807, 2.05) is 24.3 Å². The highest BCUT2D eigenvalue weighted by Gasteiger charge is 2.11. The summed E-state index contributed by atoms with van der Waals surface area (Å²) in [5.74, 6) is -0.767. The van der Waals surface area contributed by atoms with Crippen LogP contribution in [0, 0.1) is 20.2 Å². The number of amides is 2. The van der Waals surface area contributed by atoms with Crippen molar-refractivity contribution in [3.05, 3.63) is 128 Å². The molecule has 4 aromatic carbocycles. The Morgan fingerprint density at radius 3 is 1.08 bits per heavy atom. The van der Waals surface area contributed by atoms with Crippen molar-refractivity contribution < 1.29 is 19.4 Å². The first-order chi connectivity index (χ1) is 17.3. The van der Waals surface area contributed by atoms with Crippen LogP contribution in [0.5, 0.6) is 0 Å². The number of nitro benzene ring substituents is 2. The quantitative estimate of drug-likeness (QED) is 0.256. The summed E-state index contributed by atoms with van der Waals surface area (Å²) >= 11 is 0. The maximum Gasteiger partial charge on any atom is 0.269 e. The summed E-state index contributed by atoms with van der Waals surface area (Å²) in [6.45, 7) is 0. The molecule has 0 radical (unpaired) electrons. The fourth-order valence-corrected chi connectivity index (χ4v) is 3.37. The molecule has 0 fully saturated rings. The molecule has 0 bridgehead atoms. The number of nitrogens with zero attached hydrogens (tertiary/aromatic N) is 2. The third kappa shape index (κ3) is 5.57. The van der Waals surface area contributed by atoms with E-state index < -0.39 is 9.85 Å². The normalized spacial score (nSPS) is 10.3. The number of nitro groups is 2. The molecule has 0 saturated carbocycles. The number of carbonyl (C=O) groups excluding carboxylic acids is 2. The Morgan fingerprint density at radius 1 is 0.500 bits per heavy atom. The molecule has 4 rings (SSSR count). The summed E-state index contributed by atoms with van der Waals surface area (Å²) in [4.78, 5) is 45.2. The molecule has 0 aromatic heterocycles. The smallest absolute Gasteiger partial charge is 0.269 e. The SMILES string of the molecule is O=C(Nc1ccc(-c2ccc(NC(=O)c3ccc([N+](=O)[O-])cc3)cc2)cc1)c1ccc([N+](=O)[O-])cc1. The maximum atomic E-state index is 12.4. The fraction of sp³-hybridized carbons (Fsp3) is 0. The Morgan fingerprint density at radius 2 is 0.806 bits per heavy atom. The first-order valence-electron chi connectivity index (χ1n) is 10.6. The van der Waals surface area contributed by atoms with Gasteiger partial charge in [0.1, 0.15) is 0 Å². The van der Waals surface area contributed by atoms with Crippen LogP contribution in [-0.2, 0) is 0 Å². The van der Waals surface area contributed by atoms with Gasteiger partial charge in [0.15, 0.2) is 0 Å². The summed E-state index contributed by atoms with van der Waals surface area (Å²) in [6, 6.07) is 24.9. The minimum Gasteiger partial charge on any atom is -0.322 e. The molecule has 2 amide bonds. The molecule has 0 aliphatic heterocycles. The number of hydrogen-bond acceptors (Lipinski definition) is 6. The zero-order valence-corrected chi connectivity index (χ0v) is 18.6. The second kappa shape index (κ2) is 10.3. The summed E-state index contributed by atoms with van der Waals surface area (Å²) in [6.07, 6.45) is 0. The van der Waals surface area contributed by atoms with Gasteiger partial charge in [0.05, 0.1) is 9.85 Å². The topological polar surface area (TPSA) is 144 Å². The second-order valence-corrected chi connectivity index (χ2v) is 7.67. The van der Waals surface area contributed by atoms with Gasteiger partial charge < -0.3 is 10.6 Å². The van der Waals surface area contributed by atoms with Gasteiger partial charge in [-0.15, -0.1) is 0 Å². The molecule has 4 aromatic rings. The lowest BCUT2D eigenvalue weighted by molar-refractivity contribution is -0.385. The van der Waals surface area contributed by atoms with Crippen LogP contribution < -0.4 is 10.6 Å². The van der Waals surface area contributed by atoms with Crippen molar-refractivity contribution in [3.8, 4) is 11.1 Å². The number of benzene rings is 4. The molecule has 36 heavy (non-hydrogen) atoms. The molecule has 10 heteroatoms. The van der Waals surface area contributed by atoms with Crippen molar-refractivity contribution in [3.63, 3.8) is 0 Å². The van der Waals surface area contributed by atoms with Gasteiger partial charge >= 0.3 is 0 Å². The predicted octanol–water partition coefficient (Wildman–Crippen LogP) is 5.67. The number of nitrogens with one attached hydrogen (secondary N) is 2. The van der Waals surface area contributed by atoms with E-state index >= 15 is 0 Å². The molecule has 0 unspecified atom stereocenters. The van der Waals surface area contributed by atoms with Gasteiger partial charge in [0, 0.05) is 46.8 Å². The lowest BCUT2D eigenvalue weighted by Gasteiger charge is -2.09. The molecule has 2 N–H and O–H groups in total. The van der Waals surface area contributed by atoms with E-state index in [-0.39, 0.29) is 23.2 Å². The second-order valence-electron chi connectivity index (χ2n) is 7.67. The average molecular weight is 482 g/mol. The van der Waals surface area contributed by atoms with Crippen molar-refractivity contribution in [1.29, 1.82) is 0 Å². The van der Waals surface area contributed by atoms with Crippen LogP contribution in [0.4, 0.5) is 22.7 Å². The van der Waals surface area contributed by atoms with Gasteiger partial charge in [0.25, 0.3) is 23.2 Å². The summed E-state index contributed by atoms with van der Waals surface area (Å²) < 4.78 is 0. The van der Waals surface area contributed by atoms with Crippen LogP contribution in [0.15, 0.2) is 97.1 Å². The third-order valence-electron chi connectivity index (χ3n) is 5.30. The Labute approximate surface area is 204 Å². The highest BCUT2D eigenvalue weighted by atomic mass is 16.6. The molecule has 178 valence electrons. The van der Waals surface area contributed by atoms with Crippen molar-refractivity contribution >= 4 is 34.6 Å². The number of hydrogen-bond donors (Lipinski definition) is 2. The third-order valence-corrected chi connectivity index (χ3v) is 5.30. The lowest BCUT2D eigenvalue weighted by atomic mass is 10.0. The molecular weight excluding hydrogens is 464 g/mol. The minimum atomic E-state index is -0.528. The van der Waals surface area contributed by atoms with E-state index in [1.54, 1.807) is 24.3 Å². The fourth-order valence-electron chi connectivity index (χ4n) is 3.37. The Hall–Kier alpha value is -5.38. The van der Waals surface area contributed by atoms with E-state index in [4.69, 9.17) is 0 Å².